The molecular weight excluding hydrogens is 296 g/mol. The van der Waals surface area contributed by atoms with Crippen LogP contribution in [0.2, 0.25) is 0 Å². The molecule has 0 bridgehead atoms. The van der Waals surface area contributed by atoms with Crippen LogP contribution < -0.4 is 20.1 Å². The number of carbonyl (C=O) groups excluding carboxylic acids is 1. The minimum Gasteiger partial charge on any atom is -0.493 e. The van der Waals surface area contributed by atoms with Gasteiger partial charge in [0.25, 0.3) is 5.91 Å². The minimum atomic E-state index is -0.0805. The molecule has 1 aromatic rings. The number of carbonyl (C=O) groups is 1. The van der Waals surface area contributed by atoms with Crippen molar-refractivity contribution in [1.29, 1.82) is 0 Å². The molecule has 23 heavy (non-hydrogen) atoms. The molecule has 1 fully saturated rings. The van der Waals surface area contributed by atoms with E-state index in [1.165, 1.54) is 0 Å². The van der Waals surface area contributed by atoms with Crippen molar-refractivity contribution in [3.63, 3.8) is 0 Å². The predicted octanol–water partition coefficient (Wildman–Crippen LogP) is 1.59. The van der Waals surface area contributed by atoms with Crippen molar-refractivity contribution in [3.8, 4) is 11.5 Å². The molecule has 0 aliphatic carbocycles. The van der Waals surface area contributed by atoms with Crippen molar-refractivity contribution in [3.05, 3.63) is 23.8 Å². The molecule has 2 N–H and O–H groups in total. The third kappa shape index (κ3) is 5.41. The smallest absolute Gasteiger partial charge is 0.251 e. The first kappa shape index (κ1) is 17.6. The van der Waals surface area contributed by atoms with Gasteiger partial charge in [-0.05, 0) is 37.6 Å². The Hall–Kier alpha value is -1.79. The standard InChI is InChI=1S/C17H26N2O4/c1-21-9-4-10-23-16-11-13(6-7-15(16)22-2)17(20)19-14-5-3-8-18-12-14/h6-7,11,14,18H,3-5,8-10,12H2,1-2H3,(H,19,20)/t14-/m1/s1. The highest BCUT2D eigenvalue weighted by Gasteiger charge is 2.17. The summed E-state index contributed by atoms with van der Waals surface area (Å²) < 4.78 is 16.0. The zero-order valence-corrected chi connectivity index (χ0v) is 13.9. The van der Waals surface area contributed by atoms with Crippen LogP contribution in [0, 0.1) is 0 Å². The van der Waals surface area contributed by atoms with Crippen LogP contribution in [-0.4, -0.2) is 52.5 Å². The van der Waals surface area contributed by atoms with Gasteiger partial charge in [-0.2, -0.15) is 0 Å². The Kier molecular flexibility index (Phi) is 7.16. The Morgan fingerprint density at radius 1 is 1.30 bits per heavy atom. The minimum absolute atomic E-state index is 0.0805. The van der Waals surface area contributed by atoms with E-state index in [1.807, 2.05) is 0 Å². The Labute approximate surface area is 137 Å². The lowest BCUT2D eigenvalue weighted by Gasteiger charge is -2.24. The maximum Gasteiger partial charge on any atom is 0.251 e. The fraction of sp³-hybridized carbons (Fsp3) is 0.588. The van der Waals surface area contributed by atoms with E-state index in [2.05, 4.69) is 10.6 Å². The van der Waals surface area contributed by atoms with Gasteiger partial charge < -0.3 is 24.8 Å². The number of methoxy groups -OCH3 is 2. The van der Waals surface area contributed by atoms with Gasteiger partial charge >= 0.3 is 0 Å². The summed E-state index contributed by atoms with van der Waals surface area (Å²) in [7, 11) is 3.25. The SMILES string of the molecule is COCCCOc1cc(C(=O)N[C@@H]2CCCNC2)ccc1OC. The second-order valence-corrected chi connectivity index (χ2v) is 5.58. The average Bonchev–Trinajstić information content (AvgIpc) is 2.59. The van der Waals surface area contributed by atoms with Crippen LogP contribution >= 0.6 is 0 Å². The number of piperidine rings is 1. The first-order chi connectivity index (χ1) is 11.2. The van der Waals surface area contributed by atoms with Gasteiger partial charge in [0.2, 0.25) is 0 Å². The summed E-state index contributed by atoms with van der Waals surface area (Å²) >= 11 is 0. The van der Waals surface area contributed by atoms with Crippen LogP contribution in [0.4, 0.5) is 0 Å². The number of hydrogen-bond donors (Lipinski definition) is 2. The van der Waals surface area contributed by atoms with E-state index in [-0.39, 0.29) is 11.9 Å². The Balaban J connectivity index is 1.98. The summed E-state index contributed by atoms with van der Waals surface area (Å²) in [4.78, 5) is 12.4. The molecule has 1 atom stereocenters. The van der Waals surface area contributed by atoms with Crippen molar-refractivity contribution in [2.75, 3.05) is 40.5 Å². The molecule has 0 radical (unpaired) electrons. The molecule has 0 saturated carbocycles. The number of amides is 1. The number of hydrogen-bond acceptors (Lipinski definition) is 5. The maximum absolute atomic E-state index is 12.4. The second kappa shape index (κ2) is 9.37. The molecule has 0 spiro atoms. The third-order valence-electron chi connectivity index (χ3n) is 3.81. The summed E-state index contributed by atoms with van der Waals surface area (Å²) in [6.07, 6.45) is 2.88. The van der Waals surface area contributed by atoms with Crippen molar-refractivity contribution in [2.45, 2.75) is 25.3 Å². The summed E-state index contributed by atoms with van der Waals surface area (Å²) in [6, 6.07) is 5.44. The largest absolute Gasteiger partial charge is 0.493 e. The van der Waals surface area contributed by atoms with Crippen LogP contribution in [0.15, 0.2) is 18.2 Å². The lowest BCUT2D eigenvalue weighted by Crippen LogP contribution is -2.45. The molecule has 0 unspecified atom stereocenters. The van der Waals surface area contributed by atoms with E-state index in [0.717, 1.165) is 32.4 Å². The predicted molar refractivity (Wildman–Crippen MR) is 88.3 cm³/mol. The van der Waals surface area contributed by atoms with E-state index >= 15 is 0 Å². The molecule has 1 saturated heterocycles. The molecule has 1 aliphatic rings. The number of nitrogens with one attached hydrogen (secondary N) is 2. The Morgan fingerprint density at radius 3 is 2.87 bits per heavy atom. The van der Waals surface area contributed by atoms with E-state index in [4.69, 9.17) is 14.2 Å². The summed E-state index contributed by atoms with van der Waals surface area (Å²) in [5.41, 5.74) is 0.582. The Bertz CT molecular complexity index is 501. The number of benzene rings is 1. The van der Waals surface area contributed by atoms with E-state index in [1.54, 1.807) is 32.4 Å². The van der Waals surface area contributed by atoms with Crippen LogP contribution in [0.25, 0.3) is 0 Å². The van der Waals surface area contributed by atoms with Crippen LogP contribution in [0.3, 0.4) is 0 Å². The van der Waals surface area contributed by atoms with Crippen LogP contribution in [0.1, 0.15) is 29.6 Å². The molecule has 1 aromatic carbocycles. The van der Waals surface area contributed by atoms with Crippen molar-refractivity contribution in [2.24, 2.45) is 0 Å². The average molecular weight is 322 g/mol. The highest BCUT2D eigenvalue weighted by Crippen LogP contribution is 2.28. The quantitative estimate of drug-likeness (QED) is 0.712. The van der Waals surface area contributed by atoms with E-state index in [0.29, 0.717) is 30.3 Å². The summed E-state index contributed by atoms with van der Waals surface area (Å²) in [5.74, 6) is 1.12. The molecule has 128 valence electrons. The van der Waals surface area contributed by atoms with E-state index < -0.39 is 0 Å². The molecule has 1 amide bonds. The van der Waals surface area contributed by atoms with Gasteiger partial charge in [-0.25, -0.2) is 0 Å². The van der Waals surface area contributed by atoms with Crippen molar-refractivity contribution in [1.82, 2.24) is 10.6 Å². The topological polar surface area (TPSA) is 68.8 Å². The van der Waals surface area contributed by atoms with Gasteiger partial charge in [0, 0.05) is 38.3 Å². The van der Waals surface area contributed by atoms with Gasteiger partial charge in [-0.1, -0.05) is 0 Å². The molecular formula is C17H26N2O4. The first-order valence-corrected chi connectivity index (χ1v) is 8.06. The highest BCUT2D eigenvalue weighted by molar-refractivity contribution is 5.95. The number of ether oxygens (including phenoxy) is 3. The molecule has 0 aromatic heterocycles. The normalized spacial score (nSPS) is 17.6. The van der Waals surface area contributed by atoms with Gasteiger partial charge in [0.1, 0.15) is 0 Å². The summed E-state index contributed by atoms with van der Waals surface area (Å²) in [6.45, 7) is 3.00. The lowest BCUT2D eigenvalue weighted by molar-refractivity contribution is 0.0930. The zero-order chi connectivity index (χ0) is 16.5. The van der Waals surface area contributed by atoms with E-state index in [9.17, 15) is 4.79 Å². The molecule has 6 heteroatoms. The van der Waals surface area contributed by atoms with Crippen LogP contribution in [0.5, 0.6) is 11.5 Å². The Morgan fingerprint density at radius 2 is 2.17 bits per heavy atom. The molecule has 1 aliphatic heterocycles. The van der Waals surface area contributed by atoms with Gasteiger partial charge in [-0.3, -0.25) is 4.79 Å². The molecule has 6 nitrogen and oxygen atoms in total. The first-order valence-electron chi connectivity index (χ1n) is 8.06. The molecule has 1 heterocycles. The lowest BCUT2D eigenvalue weighted by atomic mass is 10.1. The zero-order valence-electron chi connectivity index (χ0n) is 13.9. The van der Waals surface area contributed by atoms with Crippen molar-refractivity contribution < 1.29 is 19.0 Å². The third-order valence-corrected chi connectivity index (χ3v) is 3.81. The van der Waals surface area contributed by atoms with Crippen LogP contribution in [-0.2, 0) is 4.74 Å². The number of rotatable bonds is 8. The summed E-state index contributed by atoms with van der Waals surface area (Å²) in [5, 5.41) is 6.35. The second-order valence-electron chi connectivity index (χ2n) is 5.58. The highest BCUT2D eigenvalue weighted by atomic mass is 16.5. The van der Waals surface area contributed by atoms with Crippen molar-refractivity contribution >= 4 is 5.91 Å². The van der Waals surface area contributed by atoms with Gasteiger partial charge in [-0.15, -0.1) is 0 Å². The fourth-order valence-corrected chi connectivity index (χ4v) is 2.56. The fourth-order valence-electron chi connectivity index (χ4n) is 2.56. The van der Waals surface area contributed by atoms with Gasteiger partial charge in [0.05, 0.1) is 13.7 Å². The monoisotopic (exact) mass is 322 g/mol. The van der Waals surface area contributed by atoms with Gasteiger partial charge in [0.15, 0.2) is 11.5 Å². The maximum atomic E-state index is 12.4. The molecule has 2 rings (SSSR count).